The predicted octanol–water partition coefficient (Wildman–Crippen LogP) is 1.33. The number of nitrogen functional groups attached to an aromatic ring is 1. The summed E-state index contributed by atoms with van der Waals surface area (Å²) in [5, 5.41) is 0. The predicted molar refractivity (Wildman–Crippen MR) is 73.2 cm³/mol. The van der Waals surface area contributed by atoms with E-state index in [4.69, 9.17) is 11.5 Å². The highest BCUT2D eigenvalue weighted by Gasteiger charge is 2.33. The van der Waals surface area contributed by atoms with Crippen molar-refractivity contribution < 1.29 is 0 Å². The normalized spacial score (nSPS) is 30.1. The molecule has 3 rings (SSSR count). The number of likely N-dealkylation sites (tertiary alicyclic amines) is 1. The topological polar surface area (TPSA) is 68.2 Å². The quantitative estimate of drug-likeness (QED) is 0.826. The van der Waals surface area contributed by atoms with Gasteiger partial charge in [-0.05, 0) is 43.2 Å². The molecule has 4 heteroatoms. The summed E-state index contributed by atoms with van der Waals surface area (Å²) in [7, 11) is 0. The molecule has 4 N–H and O–H groups in total. The fourth-order valence-corrected chi connectivity index (χ4v) is 3.37. The van der Waals surface area contributed by atoms with Crippen LogP contribution >= 0.6 is 0 Å². The molecule has 98 valence electrons. The molecule has 0 unspecified atom stereocenters. The van der Waals surface area contributed by atoms with Gasteiger partial charge in [0, 0.05) is 31.4 Å². The first-order valence-electron chi connectivity index (χ1n) is 6.94. The van der Waals surface area contributed by atoms with Gasteiger partial charge in [0.1, 0.15) is 5.82 Å². The minimum Gasteiger partial charge on any atom is -0.383 e. The Balaban J connectivity index is 1.58. The number of nitrogens with two attached hydrogens (primary N) is 2. The first kappa shape index (κ1) is 11.9. The summed E-state index contributed by atoms with van der Waals surface area (Å²) in [6.07, 6.45) is 6.77. The summed E-state index contributed by atoms with van der Waals surface area (Å²) < 4.78 is 0. The molecule has 0 amide bonds. The molecule has 1 saturated heterocycles. The molecule has 1 saturated carbocycles. The van der Waals surface area contributed by atoms with E-state index in [0.717, 1.165) is 19.1 Å². The Labute approximate surface area is 108 Å². The lowest BCUT2D eigenvalue weighted by Crippen LogP contribution is -2.59. The summed E-state index contributed by atoms with van der Waals surface area (Å²) >= 11 is 0. The molecule has 2 heterocycles. The number of hydrogen-bond donors (Lipinski definition) is 2. The number of hydrogen-bond acceptors (Lipinski definition) is 4. The van der Waals surface area contributed by atoms with Crippen LogP contribution in [0.3, 0.4) is 0 Å². The molecule has 2 fully saturated rings. The zero-order chi connectivity index (χ0) is 12.5. The Hall–Kier alpha value is -1.13. The minimum absolute atomic E-state index is 0.414. The third-order valence-corrected chi connectivity index (χ3v) is 4.46. The van der Waals surface area contributed by atoms with Crippen LogP contribution in [0, 0.1) is 0 Å². The van der Waals surface area contributed by atoms with Crippen LogP contribution in [0.15, 0.2) is 18.3 Å². The van der Waals surface area contributed by atoms with Crippen LogP contribution < -0.4 is 11.5 Å². The Kier molecular flexibility index (Phi) is 3.22. The highest BCUT2D eigenvalue weighted by atomic mass is 15.2. The first-order chi connectivity index (χ1) is 8.74. The zero-order valence-corrected chi connectivity index (χ0v) is 10.8. The molecular formula is C14H22N4. The van der Waals surface area contributed by atoms with Gasteiger partial charge in [0.25, 0.3) is 0 Å². The van der Waals surface area contributed by atoms with Crippen LogP contribution in [0.25, 0.3) is 0 Å². The summed E-state index contributed by atoms with van der Waals surface area (Å²) in [6.45, 7) is 2.18. The van der Waals surface area contributed by atoms with Gasteiger partial charge < -0.3 is 11.5 Å². The van der Waals surface area contributed by atoms with E-state index >= 15 is 0 Å². The summed E-state index contributed by atoms with van der Waals surface area (Å²) in [5.74, 6) is 1.32. The van der Waals surface area contributed by atoms with Crippen molar-refractivity contribution in [3.8, 4) is 0 Å². The van der Waals surface area contributed by atoms with E-state index in [1.165, 1.54) is 31.2 Å². The lowest BCUT2D eigenvalue weighted by molar-refractivity contribution is 0.0679. The molecule has 18 heavy (non-hydrogen) atoms. The molecule has 0 atom stereocenters. The average Bonchev–Trinajstić information content (AvgIpc) is 2.36. The highest BCUT2D eigenvalue weighted by molar-refractivity contribution is 5.41. The molecule has 1 aromatic rings. The molecule has 4 nitrogen and oxygen atoms in total. The third-order valence-electron chi connectivity index (χ3n) is 4.46. The minimum atomic E-state index is 0.414. The second-order valence-electron chi connectivity index (χ2n) is 5.70. The largest absolute Gasteiger partial charge is 0.383 e. The van der Waals surface area contributed by atoms with Crippen molar-refractivity contribution >= 4 is 5.82 Å². The number of rotatable bonds is 2. The van der Waals surface area contributed by atoms with E-state index < -0.39 is 0 Å². The van der Waals surface area contributed by atoms with Gasteiger partial charge in [0.2, 0.25) is 0 Å². The molecule has 0 radical (unpaired) electrons. The van der Waals surface area contributed by atoms with E-state index in [1.54, 1.807) is 6.20 Å². The van der Waals surface area contributed by atoms with Crippen molar-refractivity contribution in [2.45, 2.75) is 43.7 Å². The standard InChI is InChI=1S/C14H22N4/c15-11-8-18(9-11)12-5-3-10(4-6-12)13-2-1-7-17-14(13)16/h1-2,7,10-12H,3-6,8-9,15H2,(H2,16,17). The molecule has 0 bridgehead atoms. The fraction of sp³-hybridized carbons (Fsp3) is 0.643. The zero-order valence-electron chi connectivity index (χ0n) is 10.8. The van der Waals surface area contributed by atoms with Crippen LogP contribution in [-0.2, 0) is 0 Å². The van der Waals surface area contributed by atoms with Gasteiger partial charge >= 0.3 is 0 Å². The Morgan fingerprint density at radius 3 is 2.50 bits per heavy atom. The van der Waals surface area contributed by atoms with E-state index in [-0.39, 0.29) is 0 Å². The Morgan fingerprint density at radius 1 is 1.17 bits per heavy atom. The number of anilines is 1. The summed E-state index contributed by atoms with van der Waals surface area (Å²) in [4.78, 5) is 6.73. The van der Waals surface area contributed by atoms with Crippen LogP contribution in [0.1, 0.15) is 37.2 Å². The second-order valence-corrected chi connectivity index (χ2v) is 5.70. The summed E-state index contributed by atoms with van der Waals surface area (Å²) in [6, 6.07) is 5.29. The van der Waals surface area contributed by atoms with Crippen LogP contribution in [0.5, 0.6) is 0 Å². The van der Waals surface area contributed by atoms with Crippen molar-refractivity contribution in [2.24, 2.45) is 5.73 Å². The van der Waals surface area contributed by atoms with Crippen molar-refractivity contribution in [1.82, 2.24) is 9.88 Å². The Morgan fingerprint density at radius 2 is 1.89 bits per heavy atom. The van der Waals surface area contributed by atoms with Crippen LogP contribution in [-0.4, -0.2) is 35.1 Å². The van der Waals surface area contributed by atoms with Crippen molar-refractivity contribution in [3.05, 3.63) is 23.9 Å². The van der Waals surface area contributed by atoms with Gasteiger partial charge in [-0.25, -0.2) is 4.98 Å². The molecule has 2 aliphatic rings. The highest BCUT2D eigenvalue weighted by Crippen LogP contribution is 2.37. The van der Waals surface area contributed by atoms with E-state index in [1.807, 2.05) is 6.07 Å². The van der Waals surface area contributed by atoms with E-state index in [2.05, 4.69) is 16.0 Å². The van der Waals surface area contributed by atoms with Gasteiger partial charge in [-0.15, -0.1) is 0 Å². The smallest absolute Gasteiger partial charge is 0.126 e. The maximum atomic E-state index is 5.96. The van der Waals surface area contributed by atoms with Gasteiger partial charge in [0.15, 0.2) is 0 Å². The van der Waals surface area contributed by atoms with E-state index in [0.29, 0.717) is 17.8 Å². The van der Waals surface area contributed by atoms with Gasteiger partial charge in [0.05, 0.1) is 0 Å². The van der Waals surface area contributed by atoms with Gasteiger partial charge in [-0.2, -0.15) is 0 Å². The van der Waals surface area contributed by atoms with Crippen molar-refractivity contribution in [2.75, 3.05) is 18.8 Å². The lowest BCUT2D eigenvalue weighted by atomic mass is 9.80. The summed E-state index contributed by atoms with van der Waals surface area (Å²) in [5.41, 5.74) is 13.1. The average molecular weight is 246 g/mol. The molecule has 1 aliphatic heterocycles. The number of aromatic nitrogens is 1. The second kappa shape index (κ2) is 4.86. The number of nitrogens with zero attached hydrogens (tertiary/aromatic N) is 2. The molecule has 0 spiro atoms. The molecular weight excluding hydrogens is 224 g/mol. The first-order valence-corrected chi connectivity index (χ1v) is 6.94. The van der Waals surface area contributed by atoms with Crippen LogP contribution in [0.4, 0.5) is 5.82 Å². The SMILES string of the molecule is Nc1ncccc1C1CCC(N2CC(N)C2)CC1. The monoisotopic (exact) mass is 246 g/mol. The molecule has 1 aromatic heterocycles. The maximum Gasteiger partial charge on any atom is 0.126 e. The lowest BCUT2D eigenvalue weighted by Gasteiger charge is -2.45. The van der Waals surface area contributed by atoms with Gasteiger partial charge in [-0.3, -0.25) is 4.90 Å². The number of pyridine rings is 1. The molecule has 0 aromatic carbocycles. The Bertz CT molecular complexity index is 406. The van der Waals surface area contributed by atoms with Gasteiger partial charge in [-0.1, -0.05) is 6.07 Å². The van der Waals surface area contributed by atoms with Crippen molar-refractivity contribution in [3.63, 3.8) is 0 Å². The van der Waals surface area contributed by atoms with Crippen LogP contribution in [0.2, 0.25) is 0 Å². The fourth-order valence-electron chi connectivity index (χ4n) is 3.37. The third kappa shape index (κ3) is 2.22. The maximum absolute atomic E-state index is 5.96. The van der Waals surface area contributed by atoms with Crippen molar-refractivity contribution in [1.29, 1.82) is 0 Å². The van der Waals surface area contributed by atoms with E-state index in [9.17, 15) is 0 Å². The molecule has 1 aliphatic carbocycles.